The molecule has 4 aromatic rings. The number of benzene rings is 4. The predicted molar refractivity (Wildman–Crippen MR) is 149 cm³/mol. The van der Waals surface area contributed by atoms with Crippen molar-refractivity contribution in [1.29, 1.82) is 0 Å². The van der Waals surface area contributed by atoms with E-state index in [1.165, 1.54) is 22.3 Å². The molecule has 0 bridgehead atoms. The van der Waals surface area contributed by atoms with Crippen LogP contribution in [0.25, 0.3) is 0 Å². The fourth-order valence-corrected chi connectivity index (χ4v) is 6.22. The van der Waals surface area contributed by atoms with Crippen LogP contribution in [0, 0.1) is 0 Å². The van der Waals surface area contributed by atoms with Crippen molar-refractivity contribution >= 4 is 0 Å². The minimum atomic E-state index is -0.190. The quantitative estimate of drug-likeness (QED) is 0.240. The van der Waals surface area contributed by atoms with E-state index in [1.807, 2.05) is 7.11 Å². The fourth-order valence-electron chi connectivity index (χ4n) is 6.22. The summed E-state index contributed by atoms with van der Waals surface area (Å²) in [6.45, 7) is 4.02. The van der Waals surface area contributed by atoms with Crippen molar-refractivity contribution in [2.24, 2.45) is 0 Å². The summed E-state index contributed by atoms with van der Waals surface area (Å²) < 4.78 is 5.74. The van der Waals surface area contributed by atoms with Crippen LogP contribution in [0.5, 0.6) is 0 Å². The Labute approximate surface area is 216 Å². The van der Waals surface area contributed by atoms with Gasteiger partial charge in [-0.25, -0.2) is 0 Å². The van der Waals surface area contributed by atoms with E-state index in [9.17, 15) is 0 Å². The molecule has 5 rings (SSSR count). The van der Waals surface area contributed by atoms with E-state index >= 15 is 0 Å². The summed E-state index contributed by atoms with van der Waals surface area (Å²) in [6.07, 6.45) is 3.29. The zero-order valence-corrected chi connectivity index (χ0v) is 21.4. The van der Waals surface area contributed by atoms with E-state index in [2.05, 4.69) is 126 Å². The Morgan fingerprint density at radius 3 is 1.47 bits per heavy atom. The Balaban J connectivity index is 1.43. The molecule has 0 aromatic heterocycles. The number of likely N-dealkylation sites (tertiary alicyclic amines) is 1. The monoisotopic (exact) mass is 475 g/mol. The lowest BCUT2D eigenvalue weighted by atomic mass is 9.67. The molecule has 0 amide bonds. The topological polar surface area (TPSA) is 12.5 Å². The van der Waals surface area contributed by atoms with Gasteiger partial charge in [-0.15, -0.1) is 0 Å². The number of hydrogen-bond donors (Lipinski definition) is 0. The number of piperidine rings is 1. The molecule has 1 heterocycles. The van der Waals surface area contributed by atoms with Crippen LogP contribution in [0.3, 0.4) is 0 Å². The molecular weight excluding hydrogens is 438 g/mol. The van der Waals surface area contributed by atoms with Gasteiger partial charge in [0, 0.05) is 17.9 Å². The van der Waals surface area contributed by atoms with Crippen LogP contribution in [0.2, 0.25) is 0 Å². The normalized spacial score (nSPS) is 16.0. The van der Waals surface area contributed by atoms with Gasteiger partial charge in [0.1, 0.15) is 0 Å². The van der Waals surface area contributed by atoms with E-state index in [4.69, 9.17) is 4.74 Å². The van der Waals surface area contributed by atoms with Crippen molar-refractivity contribution < 1.29 is 4.74 Å². The molecule has 36 heavy (non-hydrogen) atoms. The van der Waals surface area contributed by atoms with Gasteiger partial charge < -0.3 is 9.64 Å². The number of hydrogen-bond acceptors (Lipinski definition) is 2. The van der Waals surface area contributed by atoms with Crippen LogP contribution in [0.1, 0.15) is 41.5 Å². The Kier molecular flexibility index (Phi) is 7.65. The van der Waals surface area contributed by atoms with Gasteiger partial charge in [0.05, 0.1) is 6.61 Å². The average molecular weight is 476 g/mol. The second-order valence-corrected chi connectivity index (χ2v) is 10.2. The molecule has 2 heteroatoms. The van der Waals surface area contributed by atoms with Crippen molar-refractivity contribution in [3.05, 3.63) is 144 Å². The van der Waals surface area contributed by atoms with Crippen molar-refractivity contribution in [1.82, 2.24) is 4.90 Å². The molecule has 0 radical (unpaired) electrons. The zero-order valence-electron chi connectivity index (χ0n) is 21.4. The van der Waals surface area contributed by atoms with Crippen molar-refractivity contribution in [2.75, 3.05) is 33.4 Å². The molecule has 2 nitrogen and oxygen atoms in total. The van der Waals surface area contributed by atoms with Gasteiger partial charge in [-0.2, -0.15) is 0 Å². The van der Waals surface area contributed by atoms with Gasteiger partial charge in [-0.1, -0.05) is 121 Å². The molecule has 0 spiro atoms. The first kappa shape index (κ1) is 24.5. The highest BCUT2D eigenvalue weighted by Gasteiger charge is 2.39. The molecular formula is C34H37NO. The second-order valence-electron chi connectivity index (χ2n) is 10.2. The Hall–Kier alpha value is -3.20. The first-order chi connectivity index (χ1) is 17.8. The largest absolute Gasteiger partial charge is 0.384 e. The molecule has 184 valence electrons. The summed E-state index contributed by atoms with van der Waals surface area (Å²) in [5.74, 6) is 0. The number of methoxy groups -OCH3 is 1. The molecule has 0 N–H and O–H groups in total. The summed E-state index contributed by atoms with van der Waals surface area (Å²) in [7, 11) is 1.84. The maximum Gasteiger partial charge on any atom is 0.0560 e. The Morgan fingerprint density at radius 2 is 1.06 bits per heavy atom. The van der Waals surface area contributed by atoms with E-state index < -0.39 is 0 Å². The van der Waals surface area contributed by atoms with Gasteiger partial charge in [0.15, 0.2) is 0 Å². The van der Waals surface area contributed by atoms with Crippen molar-refractivity contribution in [2.45, 2.75) is 30.1 Å². The predicted octanol–water partition coefficient (Wildman–Crippen LogP) is 7.09. The third-order valence-corrected chi connectivity index (χ3v) is 8.22. The maximum atomic E-state index is 5.74. The molecule has 1 aliphatic rings. The summed E-state index contributed by atoms with van der Waals surface area (Å²) >= 11 is 0. The highest BCUT2D eigenvalue weighted by molar-refractivity contribution is 5.50. The summed E-state index contributed by atoms with van der Waals surface area (Å²) in [5, 5.41) is 0. The van der Waals surface area contributed by atoms with Crippen LogP contribution in [-0.4, -0.2) is 38.3 Å². The lowest BCUT2D eigenvalue weighted by Crippen LogP contribution is -2.46. The maximum absolute atomic E-state index is 5.74. The van der Waals surface area contributed by atoms with Crippen LogP contribution >= 0.6 is 0 Å². The van der Waals surface area contributed by atoms with Crippen LogP contribution < -0.4 is 0 Å². The molecule has 0 aliphatic carbocycles. The van der Waals surface area contributed by atoms with E-state index in [-0.39, 0.29) is 10.8 Å². The average Bonchev–Trinajstić information content (AvgIpc) is 2.97. The summed E-state index contributed by atoms with van der Waals surface area (Å²) in [5.41, 5.74) is 5.41. The molecule has 1 aliphatic heterocycles. The van der Waals surface area contributed by atoms with Gasteiger partial charge in [-0.05, 0) is 61.2 Å². The van der Waals surface area contributed by atoms with Gasteiger partial charge in [0.2, 0.25) is 0 Å². The number of nitrogens with zero attached hydrogens (tertiary/aromatic N) is 1. The fraction of sp³-hybridized carbons (Fsp3) is 0.294. The highest BCUT2D eigenvalue weighted by atomic mass is 16.5. The SMILES string of the molecule is COCC1(c2ccccc2)CCN(CCC(c2ccccc2)(c2ccccc2)c2ccccc2)CC1. The standard InChI is InChI=1S/C34H37NO/c1-36-28-33(29-14-6-2-7-15-29)22-25-35(26-23-33)27-24-34(30-16-8-3-9-17-30,31-18-10-4-11-19-31)32-20-12-5-13-21-32/h2-21H,22-28H2,1H3. The van der Waals surface area contributed by atoms with Gasteiger partial charge >= 0.3 is 0 Å². The highest BCUT2D eigenvalue weighted by Crippen LogP contribution is 2.43. The van der Waals surface area contributed by atoms with Crippen molar-refractivity contribution in [3.8, 4) is 0 Å². The molecule has 1 saturated heterocycles. The lowest BCUT2D eigenvalue weighted by Gasteiger charge is -2.43. The van der Waals surface area contributed by atoms with Crippen molar-refractivity contribution in [3.63, 3.8) is 0 Å². The number of ether oxygens (including phenoxy) is 1. The van der Waals surface area contributed by atoms with Gasteiger partial charge in [-0.3, -0.25) is 0 Å². The van der Waals surface area contributed by atoms with E-state index in [0.29, 0.717) is 0 Å². The molecule has 1 fully saturated rings. The first-order valence-electron chi connectivity index (χ1n) is 13.2. The summed E-state index contributed by atoms with van der Waals surface area (Å²) in [6, 6.07) is 44.2. The lowest BCUT2D eigenvalue weighted by molar-refractivity contribution is 0.0710. The third-order valence-electron chi connectivity index (χ3n) is 8.22. The third kappa shape index (κ3) is 4.89. The van der Waals surface area contributed by atoms with Crippen LogP contribution in [-0.2, 0) is 15.6 Å². The van der Waals surface area contributed by atoms with E-state index in [1.54, 1.807) is 0 Å². The Morgan fingerprint density at radius 1 is 0.639 bits per heavy atom. The Bertz CT molecular complexity index is 1090. The molecule has 0 unspecified atom stereocenters. The zero-order chi connectivity index (χ0) is 24.7. The molecule has 0 saturated carbocycles. The minimum absolute atomic E-state index is 0.113. The second kappa shape index (κ2) is 11.2. The first-order valence-corrected chi connectivity index (χ1v) is 13.2. The van der Waals surface area contributed by atoms with Crippen LogP contribution in [0.15, 0.2) is 121 Å². The molecule has 4 aromatic carbocycles. The number of rotatable bonds is 9. The summed E-state index contributed by atoms with van der Waals surface area (Å²) in [4.78, 5) is 2.67. The smallest absolute Gasteiger partial charge is 0.0560 e. The van der Waals surface area contributed by atoms with E-state index in [0.717, 1.165) is 45.5 Å². The molecule has 0 atom stereocenters. The van der Waals surface area contributed by atoms with Gasteiger partial charge in [0.25, 0.3) is 0 Å². The minimum Gasteiger partial charge on any atom is -0.384 e. The van der Waals surface area contributed by atoms with Crippen LogP contribution in [0.4, 0.5) is 0 Å².